The molecule has 1 amide bonds. The maximum Gasteiger partial charge on any atom is 0.238 e. The Labute approximate surface area is 117 Å². The minimum absolute atomic E-state index is 0.0243. The van der Waals surface area contributed by atoms with Gasteiger partial charge in [-0.1, -0.05) is 13.8 Å². The Morgan fingerprint density at radius 2 is 1.95 bits per heavy atom. The molecule has 3 atom stereocenters. The number of hydrogen-bond acceptors (Lipinski definition) is 3. The van der Waals surface area contributed by atoms with Gasteiger partial charge in [0.15, 0.2) is 0 Å². The summed E-state index contributed by atoms with van der Waals surface area (Å²) in [6, 6.07) is 0.615. The van der Waals surface area contributed by atoms with Gasteiger partial charge in [-0.05, 0) is 38.0 Å². The normalized spacial score (nSPS) is 37.0. The third kappa shape index (κ3) is 3.69. The van der Waals surface area contributed by atoms with Gasteiger partial charge in [0.1, 0.15) is 6.04 Å². The van der Waals surface area contributed by atoms with Crippen LogP contribution in [-0.2, 0) is 4.79 Å². The van der Waals surface area contributed by atoms with Gasteiger partial charge in [0.2, 0.25) is 5.91 Å². The summed E-state index contributed by atoms with van der Waals surface area (Å²) in [5.41, 5.74) is 0. The van der Waals surface area contributed by atoms with Crippen molar-refractivity contribution in [2.75, 3.05) is 26.2 Å². The van der Waals surface area contributed by atoms with Gasteiger partial charge in [-0.25, -0.2) is 0 Å². The van der Waals surface area contributed by atoms with Crippen molar-refractivity contribution in [1.82, 2.24) is 15.5 Å². The number of amides is 1. The van der Waals surface area contributed by atoms with Crippen LogP contribution in [0.1, 0.15) is 40.0 Å². The summed E-state index contributed by atoms with van der Waals surface area (Å²) in [6.45, 7) is 10.2. The van der Waals surface area contributed by atoms with Crippen molar-refractivity contribution < 1.29 is 4.79 Å². The Morgan fingerprint density at radius 3 is 2.58 bits per heavy atom. The molecule has 1 aliphatic carbocycles. The maximum atomic E-state index is 12.2. The van der Waals surface area contributed by atoms with Gasteiger partial charge in [0.05, 0.1) is 0 Å². The number of carbonyl (C=O) groups excluding carboxylic acids is 1. The molecule has 2 aliphatic rings. The lowest BCUT2D eigenvalue weighted by Crippen LogP contribution is -2.61. The second kappa shape index (κ2) is 6.71. The van der Waals surface area contributed by atoms with Gasteiger partial charge >= 0.3 is 0 Å². The SMILES string of the molecule is CCNC(=O)C1CNCCN1C1CC(C)CC(C)C1. The highest BCUT2D eigenvalue weighted by molar-refractivity contribution is 5.82. The van der Waals surface area contributed by atoms with E-state index in [1.807, 2.05) is 6.92 Å². The number of rotatable bonds is 3. The minimum atomic E-state index is 0.0243. The average Bonchev–Trinajstić information content (AvgIpc) is 2.38. The first-order valence-electron chi connectivity index (χ1n) is 7.86. The van der Waals surface area contributed by atoms with Crippen molar-refractivity contribution in [3.8, 4) is 0 Å². The summed E-state index contributed by atoms with van der Waals surface area (Å²) < 4.78 is 0. The molecular weight excluding hydrogens is 238 g/mol. The first-order chi connectivity index (χ1) is 9.11. The van der Waals surface area contributed by atoms with Gasteiger partial charge in [0, 0.05) is 32.2 Å². The predicted octanol–water partition coefficient (Wildman–Crippen LogP) is 1.22. The third-order valence-corrected chi connectivity index (χ3v) is 4.56. The van der Waals surface area contributed by atoms with Crippen molar-refractivity contribution >= 4 is 5.91 Å². The van der Waals surface area contributed by atoms with Crippen LogP contribution < -0.4 is 10.6 Å². The molecule has 19 heavy (non-hydrogen) atoms. The Bertz CT molecular complexity index is 298. The van der Waals surface area contributed by atoms with Crippen molar-refractivity contribution in [1.29, 1.82) is 0 Å². The fraction of sp³-hybridized carbons (Fsp3) is 0.933. The topological polar surface area (TPSA) is 44.4 Å². The second-order valence-electron chi connectivity index (χ2n) is 6.42. The zero-order chi connectivity index (χ0) is 13.8. The molecule has 1 saturated heterocycles. The molecule has 2 fully saturated rings. The van der Waals surface area contributed by atoms with Crippen LogP contribution in [0.2, 0.25) is 0 Å². The van der Waals surface area contributed by atoms with E-state index in [0.29, 0.717) is 6.04 Å². The number of piperazine rings is 1. The van der Waals surface area contributed by atoms with E-state index in [0.717, 1.165) is 38.0 Å². The van der Waals surface area contributed by atoms with Crippen LogP contribution in [0.15, 0.2) is 0 Å². The number of nitrogens with one attached hydrogen (secondary N) is 2. The van der Waals surface area contributed by atoms with Gasteiger partial charge in [-0.3, -0.25) is 9.69 Å². The first kappa shape index (κ1) is 14.8. The minimum Gasteiger partial charge on any atom is -0.355 e. The Hall–Kier alpha value is -0.610. The van der Waals surface area contributed by atoms with Gasteiger partial charge < -0.3 is 10.6 Å². The van der Waals surface area contributed by atoms with Gasteiger partial charge in [0.25, 0.3) is 0 Å². The molecule has 110 valence electrons. The Morgan fingerprint density at radius 1 is 1.26 bits per heavy atom. The largest absolute Gasteiger partial charge is 0.355 e. The van der Waals surface area contributed by atoms with E-state index in [4.69, 9.17) is 0 Å². The smallest absolute Gasteiger partial charge is 0.238 e. The van der Waals surface area contributed by atoms with E-state index < -0.39 is 0 Å². The van der Waals surface area contributed by atoms with Crippen molar-refractivity contribution in [3.63, 3.8) is 0 Å². The molecule has 0 radical (unpaired) electrons. The van der Waals surface area contributed by atoms with E-state index in [1.54, 1.807) is 0 Å². The monoisotopic (exact) mass is 267 g/mol. The van der Waals surface area contributed by atoms with Crippen LogP contribution in [0.3, 0.4) is 0 Å². The van der Waals surface area contributed by atoms with E-state index in [9.17, 15) is 4.79 Å². The lowest BCUT2D eigenvalue weighted by Gasteiger charge is -2.44. The summed E-state index contributed by atoms with van der Waals surface area (Å²) in [7, 11) is 0. The highest BCUT2D eigenvalue weighted by Crippen LogP contribution is 2.32. The molecular formula is C15H29N3O. The molecule has 1 aliphatic heterocycles. The molecule has 1 heterocycles. The lowest BCUT2D eigenvalue weighted by atomic mass is 9.79. The zero-order valence-electron chi connectivity index (χ0n) is 12.6. The number of nitrogens with zero attached hydrogens (tertiary/aromatic N) is 1. The molecule has 4 nitrogen and oxygen atoms in total. The molecule has 0 aromatic heterocycles. The molecule has 2 rings (SSSR count). The summed E-state index contributed by atoms with van der Waals surface area (Å²) in [5.74, 6) is 1.78. The number of hydrogen-bond donors (Lipinski definition) is 2. The summed E-state index contributed by atoms with van der Waals surface area (Å²) in [4.78, 5) is 14.7. The molecule has 2 N–H and O–H groups in total. The summed E-state index contributed by atoms with van der Waals surface area (Å²) in [5, 5.41) is 6.35. The van der Waals surface area contributed by atoms with Crippen LogP contribution in [-0.4, -0.2) is 49.1 Å². The fourth-order valence-corrected chi connectivity index (χ4v) is 3.87. The van der Waals surface area contributed by atoms with E-state index in [1.165, 1.54) is 19.3 Å². The van der Waals surface area contributed by atoms with Crippen LogP contribution in [0.25, 0.3) is 0 Å². The molecule has 0 spiro atoms. The number of carbonyl (C=O) groups is 1. The molecule has 0 bridgehead atoms. The van der Waals surface area contributed by atoms with Crippen molar-refractivity contribution in [3.05, 3.63) is 0 Å². The highest BCUT2D eigenvalue weighted by Gasteiger charge is 2.36. The maximum absolute atomic E-state index is 12.2. The molecule has 0 aromatic rings. The number of likely N-dealkylation sites (N-methyl/N-ethyl adjacent to an activating group) is 1. The quantitative estimate of drug-likeness (QED) is 0.808. The van der Waals surface area contributed by atoms with Crippen LogP contribution in [0, 0.1) is 11.8 Å². The van der Waals surface area contributed by atoms with Crippen molar-refractivity contribution in [2.24, 2.45) is 11.8 Å². The van der Waals surface area contributed by atoms with Crippen LogP contribution >= 0.6 is 0 Å². The fourth-order valence-electron chi connectivity index (χ4n) is 3.87. The van der Waals surface area contributed by atoms with Gasteiger partial charge in [-0.15, -0.1) is 0 Å². The highest BCUT2D eigenvalue weighted by atomic mass is 16.2. The van der Waals surface area contributed by atoms with E-state index in [2.05, 4.69) is 29.4 Å². The standard InChI is InChI=1S/C15H29N3O/c1-4-17-15(19)14-10-16-5-6-18(14)13-8-11(2)7-12(3)9-13/h11-14,16H,4-10H2,1-3H3,(H,17,19). The molecule has 0 aromatic carbocycles. The zero-order valence-corrected chi connectivity index (χ0v) is 12.6. The summed E-state index contributed by atoms with van der Waals surface area (Å²) in [6.07, 6.45) is 3.84. The van der Waals surface area contributed by atoms with E-state index >= 15 is 0 Å². The lowest BCUT2D eigenvalue weighted by molar-refractivity contribution is -0.128. The third-order valence-electron chi connectivity index (χ3n) is 4.56. The summed E-state index contributed by atoms with van der Waals surface area (Å²) >= 11 is 0. The first-order valence-corrected chi connectivity index (χ1v) is 7.86. The van der Waals surface area contributed by atoms with Gasteiger partial charge in [-0.2, -0.15) is 0 Å². The van der Waals surface area contributed by atoms with E-state index in [-0.39, 0.29) is 11.9 Å². The molecule has 1 saturated carbocycles. The molecule has 4 heteroatoms. The Kier molecular flexibility index (Phi) is 5.22. The molecule has 3 unspecified atom stereocenters. The average molecular weight is 267 g/mol. The Balaban J connectivity index is 2.03. The van der Waals surface area contributed by atoms with Crippen LogP contribution in [0.5, 0.6) is 0 Å². The second-order valence-corrected chi connectivity index (χ2v) is 6.42. The predicted molar refractivity (Wildman–Crippen MR) is 78.0 cm³/mol. The van der Waals surface area contributed by atoms with Crippen molar-refractivity contribution in [2.45, 2.75) is 52.1 Å². The van der Waals surface area contributed by atoms with Crippen LogP contribution in [0.4, 0.5) is 0 Å².